The van der Waals surface area contributed by atoms with Gasteiger partial charge in [-0.25, -0.2) is 9.97 Å². The number of aromatic nitrogens is 2. The first-order chi connectivity index (χ1) is 9.52. The van der Waals surface area contributed by atoms with Crippen LogP contribution in [0.1, 0.15) is 19.0 Å². The van der Waals surface area contributed by atoms with Crippen LogP contribution in [0.4, 0.5) is 5.82 Å². The highest BCUT2D eigenvalue weighted by molar-refractivity contribution is 14.1. The third-order valence-electron chi connectivity index (χ3n) is 2.74. The third kappa shape index (κ3) is 3.62. The lowest BCUT2D eigenvalue weighted by Gasteiger charge is -2.11. The van der Waals surface area contributed by atoms with Crippen molar-refractivity contribution in [1.29, 1.82) is 0 Å². The number of nitrogens with zero attached hydrogens (tertiary/aromatic N) is 2. The number of benzene rings is 1. The van der Waals surface area contributed by atoms with Crippen molar-refractivity contribution < 1.29 is 0 Å². The van der Waals surface area contributed by atoms with Crippen molar-refractivity contribution in [3.8, 4) is 11.4 Å². The molecule has 1 aromatic heterocycles. The smallest absolute Gasteiger partial charge is 0.161 e. The van der Waals surface area contributed by atoms with E-state index in [1.807, 2.05) is 25.1 Å². The fourth-order valence-corrected chi connectivity index (χ4v) is 2.54. The number of nitrogens with one attached hydrogen (secondary N) is 1. The van der Waals surface area contributed by atoms with Crippen LogP contribution in [0.25, 0.3) is 11.4 Å². The predicted molar refractivity (Wildman–Crippen MR) is 96.4 cm³/mol. The molecular weight excluding hydrogens is 452 g/mol. The van der Waals surface area contributed by atoms with Crippen molar-refractivity contribution in [2.45, 2.75) is 20.3 Å². The summed E-state index contributed by atoms with van der Waals surface area (Å²) < 4.78 is 1.93. The van der Waals surface area contributed by atoms with Crippen molar-refractivity contribution in [2.24, 2.45) is 0 Å². The van der Waals surface area contributed by atoms with Gasteiger partial charge in [0.1, 0.15) is 5.82 Å². The van der Waals surface area contributed by atoms with Gasteiger partial charge in [0, 0.05) is 16.6 Å². The van der Waals surface area contributed by atoms with E-state index in [9.17, 15) is 0 Å². The molecule has 20 heavy (non-hydrogen) atoms. The molecule has 0 radical (unpaired) electrons. The summed E-state index contributed by atoms with van der Waals surface area (Å²) in [5, 5.41) is 4.00. The Kier molecular flexibility index (Phi) is 5.63. The topological polar surface area (TPSA) is 37.8 Å². The highest BCUT2D eigenvalue weighted by Gasteiger charge is 2.11. The maximum Gasteiger partial charge on any atom is 0.161 e. The Labute approximate surface area is 145 Å². The normalized spacial score (nSPS) is 10.7. The van der Waals surface area contributed by atoms with Gasteiger partial charge in [0.15, 0.2) is 5.82 Å². The quantitative estimate of drug-likeness (QED) is 0.622. The zero-order valence-electron chi connectivity index (χ0n) is 11.2. The molecule has 0 atom stereocenters. The van der Waals surface area contributed by atoms with Crippen LogP contribution >= 0.6 is 50.1 Å². The summed E-state index contributed by atoms with van der Waals surface area (Å²) in [6.45, 7) is 5.01. The molecule has 106 valence electrons. The van der Waals surface area contributed by atoms with Gasteiger partial charge in [-0.3, -0.25) is 0 Å². The van der Waals surface area contributed by atoms with Crippen LogP contribution in [-0.2, 0) is 0 Å². The van der Waals surface area contributed by atoms with E-state index in [0.29, 0.717) is 10.8 Å². The Bertz CT molecular complexity index is 634. The zero-order valence-corrected chi connectivity index (χ0v) is 15.7. The van der Waals surface area contributed by atoms with Gasteiger partial charge in [-0.15, -0.1) is 0 Å². The summed E-state index contributed by atoms with van der Waals surface area (Å²) >= 11 is 11.8. The standard InChI is InChI=1S/C14H14BrClIN3/c1-3-6-18-14-12(17)8(2)19-13(20-14)9-4-5-10(15)11(16)7-9/h4-5,7H,3,6H2,1-2H3,(H,18,19,20). The second-order valence-corrected chi connectivity index (χ2v) is 6.69. The molecule has 1 aromatic carbocycles. The second kappa shape index (κ2) is 7.04. The van der Waals surface area contributed by atoms with E-state index in [0.717, 1.165) is 38.1 Å². The molecule has 0 amide bonds. The van der Waals surface area contributed by atoms with Crippen LogP contribution in [0.3, 0.4) is 0 Å². The van der Waals surface area contributed by atoms with Gasteiger partial charge in [0.2, 0.25) is 0 Å². The number of anilines is 1. The Hall–Kier alpha value is -0.400. The largest absolute Gasteiger partial charge is 0.369 e. The van der Waals surface area contributed by atoms with Gasteiger partial charge < -0.3 is 5.32 Å². The molecule has 0 aliphatic carbocycles. The van der Waals surface area contributed by atoms with Crippen molar-refractivity contribution in [3.63, 3.8) is 0 Å². The molecule has 1 heterocycles. The van der Waals surface area contributed by atoms with Crippen LogP contribution in [0.15, 0.2) is 22.7 Å². The molecule has 1 N–H and O–H groups in total. The molecule has 0 bridgehead atoms. The van der Waals surface area contributed by atoms with Gasteiger partial charge in [-0.05, 0) is 70.1 Å². The highest BCUT2D eigenvalue weighted by atomic mass is 127. The molecular formula is C14H14BrClIN3. The van der Waals surface area contributed by atoms with E-state index in [1.165, 1.54) is 0 Å². The first kappa shape index (κ1) is 16.0. The molecule has 3 nitrogen and oxygen atoms in total. The number of hydrogen-bond acceptors (Lipinski definition) is 3. The molecule has 0 saturated carbocycles. The Morgan fingerprint density at radius 2 is 2.10 bits per heavy atom. The van der Waals surface area contributed by atoms with Crippen molar-refractivity contribution in [2.75, 3.05) is 11.9 Å². The highest BCUT2D eigenvalue weighted by Crippen LogP contribution is 2.29. The van der Waals surface area contributed by atoms with E-state index < -0.39 is 0 Å². The summed E-state index contributed by atoms with van der Waals surface area (Å²) in [5.74, 6) is 1.57. The first-order valence-corrected chi connectivity index (χ1v) is 8.51. The van der Waals surface area contributed by atoms with Crippen LogP contribution in [-0.4, -0.2) is 16.5 Å². The van der Waals surface area contributed by atoms with Gasteiger partial charge in [-0.2, -0.15) is 0 Å². The number of rotatable bonds is 4. The van der Waals surface area contributed by atoms with Crippen molar-refractivity contribution in [1.82, 2.24) is 9.97 Å². The Morgan fingerprint density at radius 1 is 1.35 bits per heavy atom. The number of hydrogen-bond donors (Lipinski definition) is 1. The summed E-state index contributed by atoms with van der Waals surface area (Å²) in [5.41, 5.74) is 1.88. The summed E-state index contributed by atoms with van der Waals surface area (Å²) in [4.78, 5) is 9.16. The molecule has 0 spiro atoms. The van der Waals surface area contributed by atoms with Crippen LogP contribution in [0.5, 0.6) is 0 Å². The Morgan fingerprint density at radius 3 is 2.75 bits per heavy atom. The fraction of sp³-hybridized carbons (Fsp3) is 0.286. The average Bonchev–Trinajstić information content (AvgIpc) is 2.43. The third-order valence-corrected chi connectivity index (χ3v) is 5.26. The maximum absolute atomic E-state index is 6.14. The van der Waals surface area contributed by atoms with E-state index in [1.54, 1.807) is 0 Å². The molecule has 2 rings (SSSR count). The van der Waals surface area contributed by atoms with E-state index in [4.69, 9.17) is 11.6 Å². The zero-order chi connectivity index (χ0) is 14.7. The second-order valence-electron chi connectivity index (χ2n) is 4.35. The van der Waals surface area contributed by atoms with Gasteiger partial charge in [0.25, 0.3) is 0 Å². The lowest BCUT2D eigenvalue weighted by atomic mass is 10.2. The summed E-state index contributed by atoms with van der Waals surface area (Å²) in [6, 6.07) is 5.74. The molecule has 2 aromatic rings. The van der Waals surface area contributed by atoms with E-state index in [2.05, 4.69) is 60.7 Å². The minimum Gasteiger partial charge on any atom is -0.369 e. The SMILES string of the molecule is CCCNc1nc(-c2ccc(Br)c(Cl)c2)nc(C)c1I. The summed E-state index contributed by atoms with van der Waals surface area (Å²) in [6.07, 6.45) is 1.05. The molecule has 0 fully saturated rings. The van der Waals surface area contributed by atoms with Crippen LogP contribution in [0, 0.1) is 10.5 Å². The van der Waals surface area contributed by atoms with Crippen LogP contribution < -0.4 is 5.32 Å². The minimum absolute atomic E-state index is 0.658. The monoisotopic (exact) mass is 465 g/mol. The fourth-order valence-electron chi connectivity index (χ4n) is 1.68. The Balaban J connectivity index is 2.45. The first-order valence-electron chi connectivity index (χ1n) is 6.26. The predicted octanol–water partition coefficient (Wildman–Crippen LogP) is 5.29. The molecule has 0 unspecified atom stereocenters. The lowest BCUT2D eigenvalue weighted by Crippen LogP contribution is -2.07. The number of halogens is 3. The van der Waals surface area contributed by atoms with Gasteiger partial charge >= 0.3 is 0 Å². The van der Waals surface area contributed by atoms with Crippen LogP contribution in [0.2, 0.25) is 5.02 Å². The minimum atomic E-state index is 0.658. The van der Waals surface area contributed by atoms with Crippen molar-refractivity contribution >= 4 is 55.9 Å². The van der Waals surface area contributed by atoms with Gasteiger partial charge in [0.05, 0.1) is 14.3 Å². The number of aryl methyl sites for hydroxylation is 1. The lowest BCUT2D eigenvalue weighted by molar-refractivity contribution is 0.958. The summed E-state index contributed by atoms with van der Waals surface area (Å²) in [7, 11) is 0. The average molecular weight is 467 g/mol. The van der Waals surface area contributed by atoms with Crippen molar-refractivity contribution in [3.05, 3.63) is 37.0 Å². The molecule has 6 heteroatoms. The maximum atomic E-state index is 6.14. The molecule has 0 aliphatic rings. The van der Waals surface area contributed by atoms with E-state index in [-0.39, 0.29) is 0 Å². The van der Waals surface area contributed by atoms with Gasteiger partial charge in [-0.1, -0.05) is 18.5 Å². The van der Waals surface area contributed by atoms with E-state index >= 15 is 0 Å². The molecule has 0 aliphatic heterocycles. The molecule has 0 saturated heterocycles.